The lowest BCUT2D eigenvalue weighted by Gasteiger charge is -2.36. The Labute approximate surface area is 227 Å². The number of nitrogens with zero attached hydrogens (tertiary/aromatic N) is 1. The molecule has 0 radical (unpaired) electrons. The second-order valence-corrected chi connectivity index (χ2v) is 11.4. The van der Waals surface area contributed by atoms with Crippen molar-refractivity contribution >= 4 is 34.8 Å². The summed E-state index contributed by atoms with van der Waals surface area (Å²) in [7, 11) is 0. The van der Waals surface area contributed by atoms with Crippen LogP contribution in [0.4, 0.5) is 16.2 Å². The smallest absolute Gasteiger partial charge is 0.322 e. The molecule has 0 aromatic heterocycles. The van der Waals surface area contributed by atoms with Crippen molar-refractivity contribution in [2.45, 2.75) is 90.5 Å². The number of carbonyl (C=O) groups excluding carboxylic acids is 2. The molecule has 2 amide bonds. The minimum absolute atomic E-state index is 0.0332. The number of hydrogen-bond donors (Lipinski definition) is 2. The largest absolute Gasteiger partial charge is 0.397 e. The van der Waals surface area contributed by atoms with Gasteiger partial charge in [-0.15, -0.1) is 0 Å². The van der Waals surface area contributed by atoms with Crippen molar-refractivity contribution in [1.29, 1.82) is 0 Å². The van der Waals surface area contributed by atoms with Gasteiger partial charge in [-0.25, -0.2) is 4.79 Å². The zero-order chi connectivity index (χ0) is 26.4. The first-order chi connectivity index (χ1) is 17.9. The number of unbranched alkanes of at least 4 members (excludes halogenated alkanes) is 1. The monoisotopic (exact) mass is 523 g/mol. The number of amides is 2. The van der Waals surface area contributed by atoms with Crippen molar-refractivity contribution in [3.8, 4) is 0 Å². The number of nitrogen functional groups attached to an aromatic ring is 1. The minimum Gasteiger partial charge on any atom is -0.397 e. The number of anilines is 2. The Kier molecular flexibility index (Phi) is 9.53. The molecule has 5 nitrogen and oxygen atoms in total. The van der Waals surface area contributed by atoms with E-state index in [1.54, 1.807) is 6.92 Å². The van der Waals surface area contributed by atoms with Crippen LogP contribution >= 0.6 is 11.6 Å². The van der Waals surface area contributed by atoms with Crippen LogP contribution < -0.4 is 11.1 Å². The molecule has 2 aromatic rings. The van der Waals surface area contributed by atoms with Gasteiger partial charge in [-0.2, -0.15) is 0 Å². The van der Waals surface area contributed by atoms with Crippen molar-refractivity contribution in [2.24, 2.45) is 11.8 Å². The van der Waals surface area contributed by atoms with Gasteiger partial charge in [0, 0.05) is 24.2 Å². The van der Waals surface area contributed by atoms with Crippen LogP contribution in [0.15, 0.2) is 36.4 Å². The first kappa shape index (κ1) is 27.5. The number of nitrogens with one attached hydrogen (secondary N) is 1. The Morgan fingerprint density at radius 2 is 1.92 bits per heavy atom. The lowest BCUT2D eigenvalue weighted by atomic mass is 9.82. The van der Waals surface area contributed by atoms with Crippen LogP contribution in [0.3, 0.4) is 0 Å². The number of ketones is 1. The lowest BCUT2D eigenvalue weighted by molar-refractivity contribution is -0.120. The van der Waals surface area contributed by atoms with Gasteiger partial charge in [-0.05, 0) is 93.0 Å². The summed E-state index contributed by atoms with van der Waals surface area (Å²) >= 11 is 6.34. The number of hydrogen-bond acceptors (Lipinski definition) is 3. The second-order valence-electron chi connectivity index (χ2n) is 11.0. The number of urea groups is 1. The van der Waals surface area contributed by atoms with Gasteiger partial charge in [0.2, 0.25) is 0 Å². The summed E-state index contributed by atoms with van der Waals surface area (Å²) in [6, 6.07) is 12.6. The highest BCUT2D eigenvalue weighted by Gasteiger charge is 2.30. The number of para-hydroxylation sites is 1. The fraction of sp³-hybridized carbons (Fsp3) is 0.548. The third-order valence-corrected chi connectivity index (χ3v) is 8.84. The molecule has 1 saturated carbocycles. The van der Waals surface area contributed by atoms with Crippen LogP contribution in [-0.4, -0.2) is 29.3 Å². The highest BCUT2D eigenvalue weighted by Crippen LogP contribution is 2.33. The summed E-state index contributed by atoms with van der Waals surface area (Å²) in [4.78, 5) is 27.3. The molecule has 1 aliphatic heterocycles. The first-order valence-electron chi connectivity index (χ1n) is 14.1. The van der Waals surface area contributed by atoms with E-state index >= 15 is 0 Å². The zero-order valence-corrected chi connectivity index (χ0v) is 23.2. The van der Waals surface area contributed by atoms with Gasteiger partial charge in [0.1, 0.15) is 5.78 Å². The van der Waals surface area contributed by atoms with E-state index in [0.29, 0.717) is 16.8 Å². The summed E-state index contributed by atoms with van der Waals surface area (Å²) in [5.41, 5.74) is 11.1. The molecule has 2 aromatic carbocycles. The van der Waals surface area contributed by atoms with E-state index in [9.17, 15) is 9.59 Å². The molecule has 0 unspecified atom stereocenters. The molecule has 200 valence electrons. The normalized spacial score (nSPS) is 20.6. The summed E-state index contributed by atoms with van der Waals surface area (Å²) in [6.45, 7) is 4.58. The highest BCUT2D eigenvalue weighted by atomic mass is 35.5. The van der Waals surface area contributed by atoms with Gasteiger partial charge in [-0.3, -0.25) is 4.79 Å². The number of rotatable bonds is 10. The van der Waals surface area contributed by atoms with E-state index in [0.717, 1.165) is 80.6 Å². The minimum atomic E-state index is 0.0332. The Morgan fingerprint density at radius 1 is 1.16 bits per heavy atom. The summed E-state index contributed by atoms with van der Waals surface area (Å²) in [6.07, 6.45) is 11.4. The van der Waals surface area contributed by atoms with Crippen molar-refractivity contribution in [3.63, 3.8) is 0 Å². The number of Topliss-reactive ketones (excluding diaryl/α,β-unsaturated/α-hetero) is 1. The lowest BCUT2D eigenvalue weighted by Crippen LogP contribution is -2.44. The third-order valence-electron chi connectivity index (χ3n) is 8.53. The van der Waals surface area contributed by atoms with E-state index in [1.807, 2.05) is 24.3 Å². The Balaban J connectivity index is 1.20. The average molecular weight is 524 g/mol. The summed E-state index contributed by atoms with van der Waals surface area (Å²) < 4.78 is 0. The fourth-order valence-corrected chi connectivity index (χ4v) is 6.45. The molecule has 6 heteroatoms. The van der Waals surface area contributed by atoms with Gasteiger partial charge in [-0.1, -0.05) is 62.1 Å². The number of fused-ring (bicyclic) bond motifs is 1. The van der Waals surface area contributed by atoms with Gasteiger partial charge >= 0.3 is 6.03 Å². The van der Waals surface area contributed by atoms with Crippen molar-refractivity contribution < 1.29 is 9.59 Å². The molecule has 0 spiro atoms. The molecule has 4 rings (SSSR count). The number of carbonyl (C=O) groups is 2. The van der Waals surface area contributed by atoms with E-state index < -0.39 is 0 Å². The molecule has 1 aliphatic carbocycles. The number of nitrogens with two attached hydrogens (primary N) is 1. The SMILES string of the molecule is CCc1cc(C[C@@H](CCCCC2CCC(N3CCc4ccccc4NC3=O)CC2)C(C)=O)cc(Cl)c1N. The standard InChI is InChI=1S/C31H42ClN3O2/c1-3-24-18-23(20-28(32)30(24)33)19-26(21(2)36)10-5-4-8-22-12-14-27(15-13-22)35-17-16-25-9-6-7-11-29(25)34-31(35)37/h6-7,9,11,18,20,22,26-27H,3-5,8,10,12-17,19,33H2,1-2H3,(H,34,37)/t22?,26-,27?/m1/s1. The average Bonchev–Trinajstić information content (AvgIpc) is 3.06. The maximum Gasteiger partial charge on any atom is 0.322 e. The Morgan fingerprint density at radius 3 is 2.65 bits per heavy atom. The molecule has 3 N–H and O–H groups in total. The number of benzene rings is 2. The van der Waals surface area contributed by atoms with Gasteiger partial charge in [0.05, 0.1) is 10.7 Å². The molecule has 0 bridgehead atoms. The van der Waals surface area contributed by atoms with Crippen molar-refractivity contribution in [3.05, 3.63) is 58.1 Å². The Hall–Kier alpha value is -2.53. The molecular formula is C31H42ClN3O2. The van der Waals surface area contributed by atoms with E-state index in [1.165, 1.54) is 24.8 Å². The number of aryl methyl sites for hydroxylation is 1. The predicted molar refractivity (Wildman–Crippen MR) is 153 cm³/mol. The molecular weight excluding hydrogens is 482 g/mol. The topological polar surface area (TPSA) is 75.4 Å². The van der Waals surface area contributed by atoms with Crippen LogP contribution in [0.1, 0.15) is 81.9 Å². The molecule has 0 saturated heterocycles. The molecule has 37 heavy (non-hydrogen) atoms. The fourth-order valence-electron chi connectivity index (χ4n) is 6.19. The summed E-state index contributed by atoms with van der Waals surface area (Å²) in [5.74, 6) is 1.01. The molecule has 1 atom stereocenters. The summed E-state index contributed by atoms with van der Waals surface area (Å²) in [5, 5.41) is 3.71. The van der Waals surface area contributed by atoms with Crippen LogP contribution in [-0.2, 0) is 24.1 Å². The van der Waals surface area contributed by atoms with Crippen LogP contribution in [0.25, 0.3) is 0 Å². The van der Waals surface area contributed by atoms with E-state index in [2.05, 4.69) is 29.3 Å². The van der Waals surface area contributed by atoms with Crippen molar-refractivity contribution in [2.75, 3.05) is 17.6 Å². The van der Waals surface area contributed by atoms with E-state index in [4.69, 9.17) is 17.3 Å². The van der Waals surface area contributed by atoms with E-state index in [-0.39, 0.29) is 17.7 Å². The van der Waals surface area contributed by atoms with Crippen LogP contribution in [0, 0.1) is 11.8 Å². The first-order valence-corrected chi connectivity index (χ1v) is 14.5. The van der Waals surface area contributed by atoms with Gasteiger partial charge in [0.15, 0.2) is 0 Å². The van der Waals surface area contributed by atoms with Crippen LogP contribution in [0.5, 0.6) is 0 Å². The zero-order valence-electron chi connectivity index (χ0n) is 22.4. The Bertz CT molecular complexity index is 1090. The highest BCUT2D eigenvalue weighted by molar-refractivity contribution is 6.33. The molecule has 1 heterocycles. The van der Waals surface area contributed by atoms with Gasteiger partial charge < -0.3 is 16.0 Å². The van der Waals surface area contributed by atoms with Crippen LogP contribution in [0.2, 0.25) is 5.02 Å². The van der Waals surface area contributed by atoms with Gasteiger partial charge in [0.25, 0.3) is 0 Å². The second kappa shape index (κ2) is 12.8. The quantitative estimate of drug-likeness (QED) is 0.251. The third kappa shape index (κ3) is 7.07. The molecule has 1 fully saturated rings. The maximum absolute atomic E-state index is 12.9. The number of halogens is 1. The van der Waals surface area contributed by atoms with Crippen molar-refractivity contribution in [1.82, 2.24) is 4.90 Å². The molecule has 2 aliphatic rings. The maximum atomic E-state index is 12.9. The predicted octanol–water partition coefficient (Wildman–Crippen LogP) is 7.44.